The van der Waals surface area contributed by atoms with Crippen LogP contribution in [0.5, 0.6) is 0 Å². The molecular weight excluding hydrogens is 300 g/mol. The molecule has 0 unspecified atom stereocenters. The summed E-state index contributed by atoms with van der Waals surface area (Å²) in [7, 11) is 5.91. The topological polar surface area (TPSA) is 41.4 Å². The highest BCUT2D eigenvalue weighted by Gasteiger charge is 2.37. The minimum Gasteiger partial charge on any atom is -0.337 e. The minimum atomic E-state index is -0.259. The van der Waals surface area contributed by atoms with Crippen molar-refractivity contribution in [3.8, 4) is 0 Å². The number of carbonyl (C=O) groups is 1. The zero-order valence-corrected chi connectivity index (χ0v) is 14.9. The largest absolute Gasteiger partial charge is 0.337 e. The van der Waals surface area contributed by atoms with Crippen molar-refractivity contribution in [1.29, 1.82) is 0 Å². The molecule has 1 saturated carbocycles. The maximum Gasteiger partial charge on any atom is 0.245 e. The number of aromatic nitrogens is 2. The molecule has 1 aromatic carbocycles. The summed E-state index contributed by atoms with van der Waals surface area (Å²) in [6.45, 7) is 2.64. The number of nitrogens with zero attached hydrogens (tertiary/aromatic N) is 4. The van der Waals surface area contributed by atoms with Crippen molar-refractivity contribution < 1.29 is 4.79 Å². The van der Waals surface area contributed by atoms with Crippen molar-refractivity contribution >= 4 is 5.91 Å². The molecule has 1 aliphatic carbocycles. The summed E-state index contributed by atoms with van der Waals surface area (Å²) in [6.07, 6.45) is 5.89. The molecule has 0 saturated heterocycles. The van der Waals surface area contributed by atoms with Crippen LogP contribution in [0.15, 0.2) is 36.7 Å². The summed E-state index contributed by atoms with van der Waals surface area (Å²) >= 11 is 0. The van der Waals surface area contributed by atoms with Gasteiger partial charge in [0.1, 0.15) is 11.9 Å². The number of hydrogen-bond donors (Lipinski definition) is 0. The second kappa shape index (κ2) is 6.77. The summed E-state index contributed by atoms with van der Waals surface area (Å²) in [5, 5.41) is 0. The molecule has 0 bridgehead atoms. The normalized spacial score (nSPS) is 15.5. The molecule has 1 amide bonds. The standard InChI is InChI=1S/C19H26N4O/c1-14-6-5-7-15(12-14)18(21(2)3)19(24)23(16-8-9-16)13-17-20-10-11-22(17)4/h5-7,10-12,16,18H,8-9,13H2,1-4H3/t18-/m0/s1. The van der Waals surface area contributed by atoms with Crippen LogP contribution >= 0.6 is 0 Å². The number of rotatable bonds is 6. The van der Waals surface area contributed by atoms with E-state index < -0.39 is 0 Å². The Morgan fingerprint density at radius 3 is 2.67 bits per heavy atom. The summed E-state index contributed by atoms with van der Waals surface area (Å²) < 4.78 is 1.99. The first-order valence-corrected chi connectivity index (χ1v) is 8.47. The molecule has 3 rings (SSSR count). The van der Waals surface area contributed by atoms with E-state index in [1.807, 2.05) is 53.8 Å². The van der Waals surface area contributed by atoms with Crippen molar-refractivity contribution in [2.24, 2.45) is 7.05 Å². The first-order valence-electron chi connectivity index (χ1n) is 8.47. The fourth-order valence-corrected chi connectivity index (χ4v) is 3.13. The van der Waals surface area contributed by atoms with Gasteiger partial charge in [0.15, 0.2) is 0 Å². The van der Waals surface area contributed by atoms with Gasteiger partial charge in [-0.15, -0.1) is 0 Å². The number of carbonyl (C=O) groups excluding carboxylic acids is 1. The lowest BCUT2D eigenvalue weighted by Gasteiger charge is -2.31. The summed E-state index contributed by atoms with van der Waals surface area (Å²) in [6, 6.07) is 8.32. The van der Waals surface area contributed by atoms with Gasteiger partial charge in [-0.2, -0.15) is 0 Å². The molecule has 0 radical (unpaired) electrons. The van der Waals surface area contributed by atoms with Crippen LogP contribution in [0.3, 0.4) is 0 Å². The third-order valence-corrected chi connectivity index (χ3v) is 4.61. The van der Waals surface area contributed by atoms with Crippen molar-refractivity contribution in [1.82, 2.24) is 19.4 Å². The SMILES string of the molecule is Cc1cccc([C@@H](C(=O)N(Cc2nccn2C)C2CC2)N(C)C)c1. The van der Waals surface area contributed by atoms with Gasteiger partial charge < -0.3 is 9.47 Å². The Bertz CT molecular complexity index is 718. The molecule has 0 aliphatic heterocycles. The molecule has 1 fully saturated rings. The molecule has 1 aromatic heterocycles. The summed E-state index contributed by atoms with van der Waals surface area (Å²) in [5.74, 6) is 1.09. The molecule has 5 nitrogen and oxygen atoms in total. The number of hydrogen-bond acceptors (Lipinski definition) is 3. The fraction of sp³-hybridized carbons (Fsp3) is 0.474. The van der Waals surface area contributed by atoms with E-state index in [-0.39, 0.29) is 11.9 Å². The highest BCUT2D eigenvalue weighted by atomic mass is 16.2. The average Bonchev–Trinajstić information content (AvgIpc) is 3.28. The van der Waals surface area contributed by atoms with Crippen LogP contribution in [0.25, 0.3) is 0 Å². The van der Waals surface area contributed by atoms with Gasteiger partial charge in [-0.05, 0) is 39.4 Å². The Kier molecular flexibility index (Phi) is 4.71. The molecular formula is C19H26N4O. The lowest BCUT2D eigenvalue weighted by molar-refractivity contribution is -0.137. The molecule has 1 heterocycles. The zero-order chi connectivity index (χ0) is 17.3. The van der Waals surface area contributed by atoms with Crippen LogP contribution in [0.4, 0.5) is 0 Å². The lowest BCUT2D eigenvalue weighted by Crippen LogP contribution is -2.41. The highest BCUT2D eigenvalue weighted by molar-refractivity contribution is 5.84. The Hall–Kier alpha value is -2.14. The first-order chi connectivity index (χ1) is 11.5. The summed E-state index contributed by atoms with van der Waals surface area (Å²) in [4.78, 5) is 21.8. The third-order valence-electron chi connectivity index (χ3n) is 4.61. The maximum atomic E-state index is 13.4. The van der Waals surface area contributed by atoms with Crippen LogP contribution in [-0.2, 0) is 18.4 Å². The van der Waals surface area contributed by atoms with Crippen molar-refractivity contribution in [2.45, 2.75) is 38.4 Å². The van der Waals surface area contributed by atoms with E-state index in [1.54, 1.807) is 6.20 Å². The molecule has 24 heavy (non-hydrogen) atoms. The van der Waals surface area contributed by atoms with E-state index in [1.165, 1.54) is 5.56 Å². The van der Waals surface area contributed by atoms with Gasteiger partial charge in [0.25, 0.3) is 0 Å². The van der Waals surface area contributed by atoms with Crippen LogP contribution in [-0.4, -0.2) is 45.4 Å². The monoisotopic (exact) mass is 326 g/mol. The number of imidazole rings is 1. The second-order valence-electron chi connectivity index (χ2n) is 6.93. The van der Waals surface area contributed by atoms with Crippen LogP contribution in [0.1, 0.15) is 35.8 Å². The van der Waals surface area contributed by atoms with Gasteiger partial charge in [-0.1, -0.05) is 29.8 Å². The fourth-order valence-electron chi connectivity index (χ4n) is 3.13. The number of amides is 1. The molecule has 0 spiro atoms. The average molecular weight is 326 g/mol. The Morgan fingerprint density at radius 1 is 1.38 bits per heavy atom. The van der Waals surface area contributed by atoms with Gasteiger partial charge in [-0.3, -0.25) is 9.69 Å². The van der Waals surface area contributed by atoms with E-state index >= 15 is 0 Å². The highest BCUT2D eigenvalue weighted by Crippen LogP contribution is 2.32. The van der Waals surface area contributed by atoms with Gasteiger partial charge in [0, 0.05) is 25.5 Å². The third kappa shape index (κ3) is 3.51. The van der Waals surface area contributed by atoms with Gasteiger partial charge in [0.05, 0.1) is 6.54 Å². The zero-order valence-electron chi connectivity index (χ0n) is 14.9. The first kappa shape index (κ1) is 16.7. The van der Waals surface area contributed by atoms with Gasteiger partial charge in [0.2, 0.25) is 5.91 Å². The minimum absolute atomic E-state index is 0.163. The lowest BCUT2D eigenvalue weighted by atomic mass is 10.0. The molecule has 128 valence electrons. The Morgan fingerprint density at radius 2 is 2.12 bits per heavy atom. The van der Waals surface area contributed by atoms with Gasteiger partial charge >= 0.3 is 0 Å². The predicted molar refractivity (Wildman–Crippen MR) is 94.4 cm³/mol. The molecule has 5 heteroatoms. The Labute approximate surface area is 143 Å². The van der Waals surface area contributed by atoms with Crippen LogP contribution in [0.2, 0.25) is 0 Å². The van der Waals surface area contributed by atoms with Crippen molar-refractivity contribution in [3.05, 3.63) is 53.6 Å². The van der Waals surface area contributed by atoms with Gasteiger partial charge in [-0.25, -0.2) is 4.98 Å². The quantitative estimate of drug-likeness (QED) is 0.819. The van der Waals surface area contributed by atoms with Crippen molar-refractivity contribution in [2.75, 3.05) is 14.1 Å². The van der Waals surface area contributed by atoms with E-state index in [0.29, 0.717) is 12.6 Å². The van der Waals surface area contributed by atoms with E-state index in [9.17, 15) is 4.79 Å². The summed E-state index contributed by atoms with van der Waals surface area (Å²) in [5.41, 5.74) is 2.23. The molecule has 2 aromatic rings. The molecule has 1 atom stereocenters. The van der Waals surface area contributed by atoms with E-state index in [0.717, 1.165) is 24.2 Å². The van der Waals surface area contributed by atoms with Crippen LogP contribution in [0, 0.1) is 6.92 Å². The predicted octanol–water partition coefficient (Wildman–Crippen LogP) is 2.52. The molecule has 1 aliphatic rings. The second-order valence-corrected chi connectivity index (χ2v) is 6.93. The van der Waals surface area contributed by atoms with Crippen molar-refractivity contribution in [3.63, 3.8) is 0 Å². The smallest absolute Gasteiger partial charge is 0.245 e. The molecule has 0 N–H and O–H groups in total. The number of aryl methyl sites for hydroxylation is 2. The number of likely N-dealkylation sites (N-methyl/N-ethyl adjacent to an activating group) is 1. The van der Waals surface area contributed by atoms with E-state index in [2.05, 4.69) is 24.0 Å². The Balaban J connectivity index is 1.88. The number of benzene rings is 1. The van der Waals surface area contributed by atoms with E-state index in [4.69, 9.17) is 0 Å². The van der Waals surface area contributed by atoms with Crippen LogP contribution < -0.4 is 0 Å². The maximum absolute atomic E-state index is 13.4.